The Morgan fingerprint density at radius 1 is 1.67 bits per heavy atom. The third kappa shape index (κ3) is 3.02. The summed E-state index contributed by atoms with van der Waals surface area (Å²) in [4.78, 5) is 10.7. The summed E-state index contributed by atoms with van der Waals surface area (Å²) >= 11 is 5.84. The molecule has 0 aliphatic heterocycles. The lowest BCUT2D eigenvalue weighted by atomic mass is 10.2. The van der Waals surface area contributed by atoms with Gasteiger partial charge in [-0.2, -0.15) is 0 Å². The van der Waals surface area contributed by atoms with E-state index in [0.717, 1.165) is 0 Å². The molecule has 3 N–H and O–H groups in total. The van der Waals surface area contributed by atoms with E-state index in [1.54, 1.807) is 19.1 Å². The summed E-state index contributed by atoms with van der Waals surface area (Å²) in [6, 6.07) is 4.69. The Balaban J connectivity index is 2.84. The second-order valence-electron chi connectivity index (χ2n) is 3.04. The first-order valence-corrected chi connectivity index (χ1v) is 4.87. The van der Waals surface area contributed by atoms with Gasteiger partial charge in [0.25, 0.3) is 0 Å². The van der Waals surface area contributed by atoms with Gasteiger partial charge in [0.05, 0.1) is 5.02 Å². The van der Waals surface area contributed by atoms with Crippen LogP contribution < -0.4 is 10.5 Å². The van der Waals surface area contributed by atoms with Gasteiger partial charge in [0.15, 0.2) is 6.10 Å². The van der Waals surface area contributed by atoms with Crippen LogP contribution in [-0.2, 0) is 4.79 Å². The number of nitrogens with two attached hydrogens (primary N) is 1. The number of anilines is 1. The maximum atomic E-state index is 10.7. The SMILES string of the molecule is CCC(Oc1ccc(N)cc1Cl)C(=O)O. The number of hydrogen-bond donors (Lipinski definition) is 2. The molecular formula is C10H12ClNO3. The number of hydrogen-bond acceptors (Lipinski definition) is 3. The van der Waals surface area contributed by atoms with Gasteiger partial charge in [0.1, 0.15) is 5.75 Å². The number of rotatable bonds is 4. The molecule has 5 heteroatoms. The Morgan fingerprint density at radius 3 is 2.80 bits per heavy atom. The number of carboxylic acid groups (broad SMARTS) is 1. The van der Waals surface area contributed by atoms with Crippen molar-refractivity contribution in [2.45, 2.75) is 19.4 Å². The van der Waals surface area contributed by atoms with Crippen LogP contribution in [0.25, 0.3) is 0 Å². The fourth-order valence-corrected chi connectivity index (χ4v) is 1.31. The van der Waals surface area contributed by atoms with Crippen molar-refractivity contribution in [3.63, 3.8) is 0 Å². The van der Waals surface area contributed by atoms with Crippen LogP contribution in [0.5, 0.6) is 5.75 Å². The quantitative estimate of drug-likeness (QED) is 0.776. The molecule has 1 rings (SSSR count). The second kappa shape index (κ2) is 4.89. The van der Waals surface area contributed by atoms with Crippen LogP contribution in [0.3, 0.4) is 0 Å². The summed E-state index contributed by atoms with van der Waals surface area (Å²) in [7, 11) is 0. The molecule has 1 atom stereocenters. The molecule has 1 aromatic rings. The standard InChI is InChI=1S/C10H12ClNO3/c1-2-8(10(13)14)15-9-4-3-6(12)5-7(9)11/h3-5,8H,2,12H2,1H3,(H,13,14). The van der Waals surface area contributed by atoms with E-state index in [1.807, 2.05) is 0 Å². The minimum absolute atomic E-state index is 0.315. The zero-order valence-corrected chi connectivity index (χ0v) is 8.99. The normalized spacial score (nSPS) is 12.1. The van der Waals surface area contributed by atoms with Gasteiger partial charge in [-0.1, -0.05) is 18.5 Å². The van der Waals surface area contributed by atoms with Gasteiger partial charge >= 0.3 is 5.97 Å². The fraction of sp³-hybridized carbons (Fsp3) is 0.300. The van der Waals surface area contributed by atoms with E-state index in [2.05, 4.69) is 0 Å². The molecule has 0 radical (unpaired) electrons. The maximum Gasteiger partial charge on any atom is 0.344 e. The number of carbonyl (C=O) groups is 1. The molecule has 4 nitrogen and oxygen atoms in total. The number of carboxylic acids is 1. The topological polar surface area (TPSA) is 72.5 Å². The summed E-state index contributed by atoms with van der Waals surface area (Å²) in [6.45, 7) is 1.73. The number of nitrogen functional groups attached to an aromatic ring is 1. The molecule has 15 heavy (non-hydrogen) atoms. The first kappa shape index (κ1) is 11.7. The molecule has 0 fully saturated rings. The highest BCUT2D eigenvalue weighted by Crippen LogP contribution is 2.27. The molecule has 0 heterocycles. The van der Waals surface area contributed by atoms with Gasteiger partial charge in [-0.3, -0.25) is 0 Å². The molecule has 0 aliphatic carbocycles. The van der Waals surface area contributed by atoms with E-state index in [0.29, 0.717) is 22.9 Å². The van der Waals surface area contributed by atoms with Gasteiger partial charge < -0.3 is 15.6 Å². The van der Waals surface area contributed by atoms with E-state index in [-0.39, 0.29) is 0 Å². The molecule has 0 spiro atoms. The zero-order valence-electron chi connectivity index (χ0n) is 8.24. The van der Waals surface area contributed by atoms with Crippen LogP contribution in [0.1, 0.15) is 13.3 Å². The van der Waals surface area contributed by atoms with Gasteiger partial charge in [0.2, 0.25) is 0 Å². The minimum Gasteiger partial charge on any atom is -0.479 e. The van der Waals surface area contributed by atoms with Crippen molar-refractivity contribution in [3.8, 4) is 5.75 Å². The Kier molecular flexibility index (Phi) is 3.80. The summed E-state index contributed by atoms with van der Waals surface area (Å²) < 4.78 is 5.22. The largest absolute Gasteiger partial charge is 0.479 e. The lowest BCUT2D eigenvalue weighted by molar-refractivity contribution is -0.145. The molecule has 0 saturated heterocycles. The lowest BCUT2D eigenvalue weighted by Gasteiger charge is -2.14. The molecule has 0 saturated carbocycles. The van der Waals surface area contributed by atoms with Gasteiger partial charge in [-0.05, 0) is 24.6 Å². The molecule has 1 unspecified atom stereocenters. The molecule has 82 valence electrons. The van der Waals surface area contributed by atoms with Crippen molar-refractivity contribution in [3.05, 3.63) is 23.2 Å². The van der Waals surface area contributed by atoms with E-state index in [4.69, 9.17) is 27.2 Å². The van der Waals surface area contributed by atoms with Crippen molar-refractivity contribution < 1.29 is 14.6 Å². The van der Waals surface area contributed by atoms with Crippen molar-refractivity contribution in [2.75, 3.05) is 5.73 Å². The van der Waals surface area contributed by atoms with Crippen molar-refractivity contribution in [1.29, 1.82) is 0 Å². The van der Waals surface area contributed by atoms with Crippen LogP contribution in [0.2, 0.25) is 5.02 Å². The molecule has 1 aromatic carbocycles. The van der Waals surface area contributed by atoms with Crippen LogP contribution in [0, 0.1) is 0 Å². The monoisotopic (exact) mass is 229 g/mol. The molecule has 0 amide bonds. The van der Waals surface area contributed by atoms with E-state index in [9.17, 15) is 4.79 Å². The number of benzene rings is 1. The zero-order chi connectivity index (χ0) is 11.4. The summed E-state index contributed by atoms with van der Waals surface area (Å²) in [5.41, 5.74) is 6.00. The molecular weight excluding hydrogens is 218 g/mol. The van der Waals surface area contributed by atoms with Crippen molar-refractivity contribution >= 4 is 23.3 Å². The molecule has 0 aliphatic rings. The smallest absolute Gasteiger partial charge is 0.344 e. The predicted octanol–water partition coefficient (Wildman–Crippen LogP) is 2.16. The summed E-state index contributed by atoms with van der Waals surface area (Å²) in [6.07, 6.45) is -0.512. The average molecular weight is 230 g/mol. The third-order valence-electron chi connectivity index (χ3n) is 1.87. The Morgan fingerprint density at radius 2 is 2.33 bits per heavy atom. The predicted molar refractivity (Wildman–Crippen MR) is 58.2 cm³/mol. The highest BCUT2D eigenvalue weighted by Gasteiger charge is 2.17. The van der Waals surface area contributed by atoms with E-state index in [1.165, 1.54) is 6.07 Å². The Labute approximate surface area is 92.6 Å². The van der Waals surface area contributed by atoms with Crippen LogP contribution in [0.4, 0.5) is 5.69 Å². The highest BCUT2D eigenvalue weighted by atomic mass is 35.5. The second-order valence-corrected chi connectivity index (χ2v) is 3.45. The van der Waals surface area contributed by atoms with Crippen LogP contribution in [-0.4, -0.2) is 17.2 Å². The number of aliphatic carboxylic acids is 1. The van der Waals surface area contributed by atoms with Crippen molar-refractivity contribution in [1.82, 2.24) is 0 Å². The van der Waals surface area contributed by atoms with Crippen LogP contribution in [0.15, 0.2) is 18.2 Å². The van der Waals surface area contributed by atoms with E-state index >= 15 is 0 Å². The molecule has 0 aromatic heterocycles. The lowest BCUT2D eigenvalue weighted by Crippen LogP contribution is -2.26. The fourth-order valence-electron chi connectivity index (χ4n) is 1.07. The Hall–Kier alpha value is -1.42. The van der Waals surface area contributed by atoms with Crippen LogP contribution >= 0.6 is 11.6 Å². The van der Waals surface area contributed by atoms with Gasteiger partial charge in [-0.15, -0.1) is 0 Å². The van der Waals surface area contributed by atoms with E-state index < -0.39 is 12.1 Å². The highest BCUT2D eigenvalue weighted by molar-refractivity contribution is 6.32. The van der Waals surface area contributed by atoms with Crippen molar-refractivity contribution in [2.24, 2.45) is 0 Å². The molecule has 0 bridgehead atoms. The first-order chi connectivity index (χ1) is 7.04. The summed E-state index contributed by atoms with van der Waals surface area (Å²) in [5.74, 6) is -0.675. The average Bonchev–Trinajstić information content (AvgIpc) is 2.16. The van der Waals surface area contributed by atoms with Gasteiger partial charge in [-0.25, -0.2) is 4.79 Å². The third-order valence-corrected chi connectivity index (χ3v) is 2.17. The Bertz CT molecular complexity index is 368. The maximum absolute atomic E-state index is 10.7. The first-order valence-electron chi connectivity index (χ1n) is 4.49. The summed E-state index contributed by atoms with van der Waals surface area (Å²) in [5, 5.41) is 9.10. The minimum atomic E-state index is -1.01. The van der Waals surface area contributed by atoms with Gasteiger partial charge in [0, 0.05) is 5.69 Å². The number of halogens is 1. The number of ether oxygens (including phenoxy) is 1.